The fraction of sp³-hybridized carbons (Fsp3) is 0.625. The van der Waals surface area contributed by atoms with Crippen LogP contribution in [0, 0.1) is 5.92 Å². The van der Waals surface area contributed by atoms with Gasteiger partial charge in [-0.15, -0.1) is 0 Å². The topological polar surface area (TPSA) is 41.5 Å². The van der Waals surface area contributed by atoms with Crippen molar-refractivity contribution in [2.45, 2.75) is 46.1 Å². The van der Waals surface area contributed by atoms with Crippen molar-refractivity contribution < 1.29 is 9.84 Å². The summed E-state index contributed by atoms with van der Waals surface area (Å²) in [7, 11) is 1.57. The molecule has 0 amide bonds. The number of hydrogen-bond donors (Lipinski definition) is 2. The molecule has 0 fully saturated rings. The smallest absolute Gasteiger partial charge is 0.160 e. The Balaban J connectivity index is 2.38. The lowest BCUT2D eigenvalue weighted by Crippen LogP contribution is -2.19. The minimum Gasteiger partial charge on any atom is -0.504 e. The molecule has 1 rings (SSSR count). The van der Waals surface area contributed by atoms with Crippen molar-refractivity contribution in [3.63, 3.8) is 0 Å². The van der Waals surface area contributed by atoms with E-state index in [0.29, 0.717) is 5.75 Å². The first-order valence-corrected chi connectivity index (χ1v) is 7.15. The van der Waals surface area contributed by atoms with Crippen LogP contribution in [0.15, 0.2) is 18.2 Å². The number of phenolic OH excluding ortho intramolecular Hbond substituents is 1. The molecule has 0 heterocycles. The molecule has 0 saturated carbocycles. The fourth-order valence-corrected chi connectivity index (χ4v) is 2.08. The third kappa shape index (κ3) is 5.52. The van der Waals surface area contributed by atoms with Gasteiger partial charge in [0.15, 0.2) is 11.5 Å². The third-order valence-corrected chi connectivity index (χ3v) is 3.36. The molecule has 3 nitrogen and oxygen atoms in total. The summed E-state index contributed by atoms with van der Waals surface area (Å²) in [6.45, 7) is 7.68. The number of ether oxygens (including phenoxy) is 1. The number of methoxy groups -OCH3 is 1. The van der Waals surface area contributed by atoms with E-state index in [2.05, 4.69) is 26.1 Å². The molecule has 1 unspecified atom stereocenters. The van der Waals surface area contributed by atoms with Crippen LogP contribution in [0.25, 0.3) is 0 Å². The van der Waals surface area contributed by atoms with Crippen molar-refractivity contribution in [2.75, 3.05) is 13.7 Å². The van der Waals surface area contributed by atoms with Gasteiger partial charge in [-0.2, -0.15) is 0 Å². The maximum atomic E-state index is 9.57. The molecule has 1 aromatic carbocycles. The molecule has 1 aromatic rings. The molecule has 0 bridgehead atoms. The van der Waals surface area contributed by atoms with Crippen LogP contribution in [-0.2, 0) is 0 Å². The second-order valence-electron chi connectivity index (χ2n) is 5.50. The van der Waals surface area contributed by atoms with Crippen LogP contribution < -0.4 is 10.1 Å². The summed E-state index contributed by atoms with van der Waals surface area (Å²) in [5.74, 6) is 1.51. The van der Waals surface area contributed by atoms with Crippen molar-refractivity contribution in [2.24, 2.45) is 5.92 Å². The Morgan fingerprint density at radius 1 is 1.21 bits per heavy atom. The molecule has 0 spiro atoms. The zero-order valence-electron chi connectivity index (χ0n) is 12.6. The Bertz CT molecular complexity index is 377. The second kappa shape index (κ2) is 8.05. The van der Waals surface area contributed by atoms with E-state index in [0.717, 1.165) is 18.0 Å². The maximum absolute atomic E-state index is 9.57. The van der Waals surface area contributed by atoms with Gasteiger partial charge >= 0.3 is 0 Å². The molecule has 0 radical (unpaired) electrons. The van der Waals surface area contributed by atoms with Crippen LogP contribution >= 0.6 is 0 Å². The third-order valence-electron chi connectivity index (χ3n) is 3.36. The summed E-state index contributed by atoms with van der Waals surface area (Å²) in [5, 5.41) is 13.1. The van der Waals surface area contributed by atoms with Gasteiger partial charge in [-0.25, -0.2) is 0 Å². The summed E-state index contributed by atoms with van der Waals surface area (Å²) in [5.41, 5.74) is 1.14. The summed E-state index contributed by atoms with van der Waals surface area (Å²) in [4.78, 5) is 0. The largest absolute Gasteiger partial charge is 0.504 e. The SMILES string of the molecule is COc1cc(C(C)NCCCCC(C)C)ccc1O. The van der Waals surface area contributed by atoms with Crippen LogP contribution in [0.4, 0.5) is 0 Å². The molecule has 1 atom stereocenters. The lowest BCUT2D eigenvalue weighted by molar-refractivity contribution is 0.372. The Kier molecular flexibility index (Phi) is 6.71. The van der Waals surface area contributed by atoms with E-state index in [1.165, 1.54) is 19.3 Å². The molecule has 0 aliphatic heterocycles. The van der Waals surface area contributed by atoms with Crippen molar-refractivity contribution in [3.05, 3.63) is 23.8 Å². The predicted octanol–water partition coefficient (Wildman–Crippen LogP) is 3.88. The van der Waals surface area contributed by atoms with E-state index in [1.807, 2.05) is 12.1 Å². The highest BCUT2D eigenvalue weighted by atomic mass is 16.5. The lowest BCUT2D eigenvalue weighted by Gasteiger charge is -2.16. The van der Waals surface area contributed by atoms with E-state index in [-0.39, 0.29) is 11.8 Å². The van der Waals surface area contributed by atoms with Crippen LogP contribution in [0.5, 0.6) is 11.5 Å². The van der Waals surface area contributed by atoms with Gasteiger partial charge in [-0.05, 0) is 43.5 Å². The van der Waals surface area contributed by atoms with E-state index in [1.54, 1.807) is 13.2 Å². The first-order chi connectivity index (χ1) is 9.04. The first kappa shape index (κ1) is 15.8. The molecule has 0 saturated heterocycles. The Morgan fingerprint density at radius 3 is 2.58 bits per heavy atom. The number of phenols is 1. The first-order valence-electron chi connectivity index (χ1n) is 7.15. The molecule has 3 heteroatoms. The van der Waals surface area contributed by atoms with Gasteiger partial charge in [0, 0.05) is 6.04 Å². The lowest BCUT2D eigenvalue weighted by atomic mass is 10.1. The van der Waals surface area contributed by atoms with Gasteiger partial charge in [-0.1, -0.05) is 32.8 Å². The van der Waals surface area contributed by atoms with Crippen LogP contribution in [-0.4, -0.2) is 18.8 Å². The number of unbranched alkanes of at least 4 members (excludes halogenated alkanes) is 1. The highest BCUT2D eigenvalue weighted by molar-refractivity contribution is 5.42. The molecular formula is C16H27NO2. The number of nitrogens with one attached hydrogen (secondary N) is 1. The van der Waals surface area contributed by atoms with Crippen LogP contribution in [0.3, 0.4) is 0 Å². The van der Waals surface area contributed by atoms with E-state index < -0.39 is 0 Å². The molecule has 0 aromatic heterocycles. The predicted molar refractivity (Wildman–Crippen MR) is 79.8 cm³/mol. The summed E-state index contributed by atoms with van der Waals surface area (Å²) >= 11 is 0. The summed E-state index contributed by atoms with van der Waals surface area (Å²) < 4.78 is 5.13. The van der Waals surface area contributed by atoms with E-state index in [4.69, 9.17) is 4.74 Å². The zero-order chi connectivity index (χ0) is 14.3. The van der Waals surface area contributed by atoms with Crippen molar-refractivity contribution >= 4 is 0 Å². The number of rotatable bonds is 8. The average molecular weight is 265 g/mol. The van der Waals surface area contributed by atoms with Gasteiger partial charge in [0.25, 0.3) is 0 Å². The Hall–Kier alpha value is -1.22. The van der Waals surface area contributed by atoms with Gasteiger partial charge in [-0.3, -0.25) is 0 Å². The highest BCUT2D eigenvalue weighted by Gasteiger charge is 2.08. The monoisotopic (exact) mass is 265 g/mol. The molecule has 0 aliphatic rings. The quantitative estimate of drug-likeness (QED) is 0.701. The minimum absolute atomic E-state index is 0.190. The Labute approximate surface area is 117 Å². The number of aromatic hydroxyl groups is 1. The second-order valence-corrected chi connectivity index (χ2v) is 5.50. The standard InChI is InChI=1S/C16H27NO2/c1-12(2)7-5-6-10-17-13(3)14-8-9-15(18)16(11-14)19-4/h8-9,11-13,17-18H,5-7,10H2,1-4H3. The van der Waals surface area contributed by atoms with Gasteiger partial charge in [0.1, 0.15) is 0 Å². The van der Waals surface area contributed by atoms with Gasteiger partial charge < -0.3 is 15.2 Å². The van der Waals surface area contributed by atoms with Crippen molar-refractivity contribution in [3.8, 4) is 11.5 Å². The molecule has 108 valence electrons. The van der Waals surface area contributed by atoms with Crippen LogP contribution in [0.1, 0.15) is 51.6 Å². The maximum Gasteiger partial charge on any atom is 0.160 e. The van der Waals surface area contributed by atoms with Crippen molar-refractivity contribution in [1.82, 2.24) is 5.32 Å². The van der Waals surface area contributed by atoms with Gasteiger partial charge in [0.2, 0.25) is 0 Å². The molecule has 2 N–H and O–H groups in total. The van der Waals surface area contributed by atoms with Gasteiger partial charge in [0.05, 0.1) is 7.11 Å². The molecular weight excluding hydrogens is 238 g/mol. The number of benzene rings is 1. The minimum atomic E-state index is 0.190. The number of hydrogen-bond acceptors (Lipinski definition) is 3. The summed E-state index contributed by atoms with van der Waals surface area (Å²) in [6, 6.07) is 5.78. The normalized spacial score (nSPS) is 12.7. The fourth-order valence-electron chi connectivity index (χ4n) is 2.08. The van der Waals surface area contributed by atoms with Crippen LogP contribution in [0.2, 0.25) is 0 Å². The van der Waals surface area contributed by atoms with E-state index in [9.17, 15) is 5.11 Å². The average Bonchev–Trinajstić information content (AvgIpc) is 2.38. The molecule has 19 heavy (non-hydrogen) atoms. The molecule has 0 aliphatic carbocycles. The highest BCUT2D eigenvalue weighted by Crippen LogP contribution is 2.28. The zero-order valence-corrected chi connectivity index (χ0v) is 12.6. The summed E-state index contributed by atoms with van der Waals surface area (Å²) in [6.07, 6.45) is 3.77. The van der Waals surface area contributed by atoms with E-state index >= 15 is 0 Å². The Morgan fingerprint density at radius 2 is 1.95 bits per heavy atom. The van der Waals surface area contributed by atoms with Crippen molar-refractivity contribution in [1.29, 1.82) is 0 Å².